The van der Waals surface area contributed by atoms with Crippen LogP contribution in [0.25, 0.3) is 0 Å². The highest BCUT2D eigenvalue weighted by Crippen LogP contribution is 1.89. The largest absolute Gasteiger partial charge is 0.466 e. The lowest BCUT2D eigenvalue weighted by Crippen LogP contribution is -2.01. The molecule has 0 fully saturated rings. The van der Waals surface area contributed by atoms with E-state index in [1.54, 1.807) is 6.08 Å². The Morgan fingerprint density at radius 1 is 1.55 bits per heavy atom. The lowest BCUT2D eigenvalue weighted by molar-refractivity contribution is -0.143. The summed E-state index contributed by atoms with van der Waals surface area (Å²) in [5.41, 5.74) is 0. The maximum atomic E-state index is 10.4. The number of hydrogen-bond donors (Lipinski definition) is 0. The summed E-state index contributed by atoms with van der Waals surface area (Å²) >= 11 is 0. The van der Waals surface area contributed by atoms with Gasteiger partial charge in [0.25, 0.3) is 0 Å². The molecule has 0 bridgehead atoms. The van der Waals surface area contributed by atoms with Gasteiger partial charge in [0, 0.05) is 6.42 Å². The van der Waals surface area contributed by atoms with Gasteiger partial charge in [0.05, 0.1) is 6.61 Å². The van der Waals surface area contributed by atoms with Crippen molar-refractivity contribution < 1.29 is 9.53 Å². The van der Waals surface area contributed by atoms with Crippen molar-refractivity contribution in [2.75, 3.05) is 6.61 Å². The van der Waals surface area contributed by atoms with E-state index in [0.29, 0.717) is 13.0 Å². The first-order valence-corrected chi connectivity index (χ1v) is 3.95. The molecule has 11 heavy (non-hydrogen) atoms. The van der Waals surface area contributed by atoms with Crippen molar-refractivity contribution in [3.8, 4) is 0 Å². The summed E-state index contributed by atoms with van der Waals surface area (Å²) in [5, 5.41) is 0. The van der Waals surface area contributed by atoms with Crippen molar-refractivity contribution in [2.24, 2.45) is 0 Å². The highest BCUT2D eigenvalue weighted by atomic mass is 16.5. The minimum absolute atomic E-state index is 0.0880. The Kier molecular flexibility index (Phi) is 13.9. The van der Waals surface area contributed by atoms with Crippen molar-refractivity contribution in [1.82, 2.24) is 0 Å². The van der Waals surface area contributed by atoms with Gasteiger partial charge in [-0.2, -0.15) is 0 Å². The van der Waals surface area contributed by atoms with E-state index in [0.717, 1.165) is 6.42 Å². The molecule has 2 nitrogen and oxygen atoms in total. The third-order valence-corrected chi connectivity index (χ3v) is 0.759. The SMILES string of the molecule is C=CC.CCCC(=O)OCC. The van der Waals surface area contributed by atoms with Gasteiger partial charge in [-0.15, -0.1) is 6.58 Å². The van der Waals surface area contributed by atoms with E-state index in [-0.39, 0.29) is 5.97 Å². The molecule has 0 aromatic carbocycles. The third kappa shape index (κ3) is 17.6. The van der Waals surface area contributed by atoms with Crippen LogP contribution in [0, 0.1) is 0 Å². The highest BCUT2D eigenvalue weighted by Gasteiger charge is 1.95. The minimum atomic E-state index is -0.0880. The van der Waals surface area contributed by atoms with Crippen LogP contribution in [0.1, 0.15) is 33.6 Å². The lowest BCUT2D eigenvalue weighted by Gasteiger charge is -1.96. The zero-order valence-corrected chi connectivity index (χ0v) is 7.72. The smallest absolute Gasteiger partial charge is 0.305 e. The van der Waals surface area contributed by atoms with Crippen LogP contribution in [-0.4, -0.2) is 12.6 Å². The van der Waals surface area contributed by atoms with E-state index in [9.17, 15) is 4.79 Å². The van der Waals surface area contributed by atoms with Gasteiger partial charge in [0.1, 0.15) is 0 Å². The Hall–Kier alpha value is -0.790. The second-order valence-electron chi connectivity index (χ2n) is 1.96. The molecule has 0 saturated heterocycles. The average Bonchev–Trinajstić information content (AvgIpc) is 1.90. The fourth-order valence-corrected chi connectivity index (χ4v) is 0.437. The van der Waals surface area contributed by atoms with Gasteiger partial charge >= 0.3 is 5.97 Å². The Morgan fingerprint density at radius 2 is 2.00 bits per heavy atom. The Bertz CT molecular complexity index is 89.7. The van der Waals surface area contributed by atoms with E-state index in [4.69, 9.17) is 0 Å². The predicted octanol–water partition coefficient (Wildman–Crippen LogP) is 2.54. The van der Waals surface area contributed by atoms with Crippen LogP contribution in [0.15, 0.2) is 12.7 Å². The van der Waals surface area contributed by atoms with E-state index in [1.807, 2.05) is 20.8 Å². The second-order valence-corrected chi connectivity index (χ2v) is 1.96. The summed E-state index contributed by atoms with van der Waals surface area (Å²) in [7, 11) is 0. The molecule has 0 unspecified atom stereocenters. The van der Waals surface area contributed by atoms with Crippen LogP contribution in [0.4, 0.5) is 0 Å². The normalized spacial score (nSPS) is 7.55. The molecule has 0 saturated carbocycles. The monoisotopic (exact) mass is 158 g/mol. The number of carbonyl (C=O) groups excluding carboxylic acids is 1. The molecular formula is C9H18O2. The number of rotatable bonds is 3. The average molecular weight is 158 g/mol. The summed E-state index contributed by atoms with van der Waals surface area (Å²) < 4.78 is 4.64. The van der Waals surface area contributed by atoms with Crippen molar-refractivity contribution in [3.63, 3.8) is 0 Å². The van der Waals surface area contributed by atoms with Crippen molar-refractivity contribution in [3.05, 3.63) is 12.7 Å². The molecule has 0 spiro atoms. The Morgan fingerprint density at radius 3 is 2.27 bits per heavy atom. The summed E-state index contributed by atoms with van der Waals surface area (Å²) in [6.45, 7) is 9.52. The summed E-state index contributed by atoms with van der Waals surface area (Å²) in [5.74, 6) is -0.0880. The van der Waals surface area contributed by atoms with Crippen LogP contribution < -0.4 is 0 Å². The van der Waals surface area contributed by atoms with E-state index in [1.165, 1.54) is 0 Å². The first-order chi connectivity index (χ1) is 5.22. The minimum Gasteiger partial charge on any atom is -0.466 e. The van der Waals surface area contributed by atoms with E-state index >= 15 is 0 Å². The number of esters is 1. The lowest BCUT2D eigenvalue weighted by atomic mass is 10.3. The predicted molar refractivity (Wildman–Crippen MR) is 47.4 cm³/mol. The first-order valence-electron chi connectivity index (χ1n) is 3.95. The number of carbonyl (C=O) groups is 1. The van der Waals surface area contributed by atoms with Gasteiger partial charge in [-0.3, -0.25) is 4.79 Å². The second kappa shape index (κ2) is 11.9. The van der Waals surface area contributed by atoms with Gasteiger partial charge in [-0.25, -0.2) is 0 Å². The van der Waals surface area contributed by atoms with E-state index < -0.39 is 0 Å². The van der Waals surface area contributed by atoms with Crippen LogP contribution >= 0.6 is 0 Å². The molecule has 0 aromatic heterocycles. The fourth-order valence-electron chi connectivity index (χ4n) is 0.437. The first kappa shape index (κ1) is 12.8. The highest BCUT2D eigenvalue weighted by molar-refractivity contribution is 5.69. The fraction of sp³-hybridized carbons (Fsp3) is 0.667. The van der Waals surface area contributed by atoms with Crippen LogP contribution in [0.3, 0.4) is 0 Å². The Labute approximate surface area is 69.3 Å². The molecule has 66 valence electrons. The molecular weight excluding hydrogens is 140 g/mol. The maximum absolute atomic E-state index is 10.4. The summed E-state index contributed by atoms with van der Waals surface area (Å²) in [6.07, 6.45) is 3.17. The molecule has 0 aliphatic rings. The topological polar surface area (TPSA) is 26.3 Å². The van der Waals surface area contributed by atoms with Crippen molar-refractivity contribution in [1.29, 1.82) is 0 Å². The number of ether oxygens (including phenoxy) is 1. The van der Waals surface area contributed by atoms with E-state index in [2.05, 4.69) is 11.3 Å². The maximum Gasteiger partial charge on any atom is 0.305 e. The molecule has 2 heteroatoms. The quantitative estimate of drug-likeness (QED) is 0.466. The van der Waals surface area contributed by atoms with Gasteiger partial charge in [-0.05, 0) is 20.3 Å². The van der Waals surface area contributed by atoms with Crippen LogP contribution in [0.5, 0.6) is 0 Å². The van der Waals surface area contributed by atoms with Gasteiger partial charge in [-0.1, -0.05) is 13.0 Å². The molecule has 0 heterocycles. The molecule has 0 N–H and O–H groups in total. The van der Waals surface area contributed by atoms with Crippen LogP contribution in [-0.2, 0) is 9.53 Å². The molecule has 0 amide bonds. The molecule has 0 atom stereocenters. The standard InChI is InChI=1S/C6H12O2.C3H6/c1-3-5-6(7)8-4-2;1-3-2/h3-5H2,1-2H3;3H,1H2,2H3. The van der Waals surface area contributed by atoms with Crippen LogP contribution in [0.2, 0.25) is 0 Å². The summed E-state index contributed by atoms with van der Waals surface area (Å²) in [4.78, 5) is 10.4. The van der Waals surface area contributed by atoms with Gasteiger partial charge in [0.15, 0.2) is 0 Å². The number of hydrogen-bond acceptors (Lipinski definition) is 2. The van der Waals surface area contributed by atoms with Crippen molar-refractivity contribution >= 4 is 5.97 Å². The zero-order valence-electron chi connectivity index (χ0n) is 7.72. The van der Waals surface area contributed by atoms with Gasteiger partial charge in [0.2, 0.25) is 0 Å². The molecule has 0 rings (SSSR count). The van der Waals surface area contributed by atoms with Crippen molar-refractivity contribution in [2.45, 2.75) is 33.6 Å². The zero-order chi connectivity index (χ0) is 9.11. The summed E-state index contributed by atoms with van der Waals surface area (Å²) in [6, 6.07) is 0. The molecule has 0 radical (unpaired) electrons. The molecule has 0 aromatic rings. The molecule has 0 aliphatic carbocycles. The Balaban J connectivity index is 0. The van der Waals surface area contributed by atoms with Gasteiger partial charge < -0.3 is 4.74 Å². The third-order valence-electron chi connectivity index (χ3n) is 0.759. The number of allylic oxidation sites excluding steroid dienone is 1. The molecule has 0 aliphatic heterocycles.